The molecule has 0 heterocycles. The summed E-state index contributed by atoms with van der Waals surface area (Å²) in [6.07, 6.45) is 47.9. The quantitative estimate of drug-likeness (QED) is 0.0508. The molecule has 0 aromatic rings. The number of amides is 1. The average Bonchev–Trinajstić information content (AvgIpc) is 3.03. The highest BCUT2D eigenvalue weighted by atomic mass is 16.3. The molecule has 0 aliphatic carbocycles. The van der Waals surface area contributed by atoms with E-state index in [-0.39, 0.29) is 12.5 Å². The van der Waals surface area contributed by atoms with E-state index in [2.05, 4.69) is 55.6 Å². The number of hydrogen-bond donors (Lipinski definition) is 3. The van der Waals surface area contributed by atoms with Crippen LogP contribution in [0.4, 0.5) is 0 Å². The van der Waals surface area contributed by atoms with E-state index in [1.54, 1.807) is 6.08 Å². The van der Waals surface area contributed by atoms with Crippen LogP contribution in [-0.4, -0.2) is 34.9 Å². The molecule has 256 valence electrons. The average molecular weight is 616 g/mol. The van der Waals surface area contributed by atoms with Crippen molar-refractivity contribution in [3.05, 3.63) is 48.6 Å². The summed E-state index contributed by atoms with van der Waals surface area (Å²) in [5.74, 6) is -0.0751. The van der Waals surface area contributed by atoms with Gasteiger partial charge in [-0.3, -0.25) is 4.79 Å². The highest BCUT2D eigenvalue weighted by Crippen LogP contribution is 2.13. The zero-order chi connectivity index (χ0) is 32.2. The Morgan fingerprint density at radius 2 is 0.932 bits per heavy atom. The summed E-state index contributed by atoms with van der Waals surface area (Å²) in [6, 6.07) is -0.621. The first-order valence-electron chi connectivity index (χ1n) is 18.9. The van der Waals surface area contributed by atoms with Crippen molar-refractivity contribution < 1.29 is 15.0 Å². The van der Waals surface area contributed by atoms with Gasteiger partial charge in [0.1, 0.15) is 0 Å². The molecule has 2 unspecified atom stereocenters. The van der Waals surface area contributed by atoms with Gasteiger partial charge in [0.05, 0.1) is 18.8 Å². The van der Waals surface area contributed by atoms with Crippen LogP contribution >= 0.6 is 0 Å². The molecule has 0 spiro atoms. The minimum Gasteiger partial charge on any atom is -0.394 e. The second-order valence-electron chi connectivity index (χ2n) is 12.6. The van der Waals surface area contributed by atoms with E-state index in [0.717, 1.165) is 38.5 Å². The summed E-state index contributed by atoms with van der Waals surface area (Å²) in [6.45, 7) is 4.23. The minimum atomic E-state index is -0.837. The van der Waals surface area contributed by atoms with Gasteiger partial charge in [-0.25, -0.2) is 0 Å². The summed E-state index contributed by atoms with van der Waals surface area (Å²) in [5, 5.41) is 22.7. The van der Waals surface area contributed by atoms with Crippen LogP contribution in [0.25, 0.3) is 0 Å². The minimum absolute atomic E-state index is 0.0751. The summed E-state index contributed by atoms with van der Waals surface area (Å²) >= 11 is 0. The molecule has 0 saturated heterocycles. The predicted molar refractivity (Wildman–Crippen MR) is 193 cm³/mol. The molecule has 4 heteroatoms. The SMILES string of the molecule is CCCCCCC/C=C\C/C=C\C/C=C\CCCCCCCCCCCCC(=O)NC(CO)C(O)/C=C/CCCCCCC. The number of aliphatic hydroxyl groups excluding tert-OH is 2. The fraction of sp³-hybridized carbons (Fsp3) is 0.775. The number of aliphatic hydroxyl groups is 2. The smallest absolute Gasteiger partial charge is 0.220 e. The molecule has 2 atom stereocenters. The van der Waals surface area contributed by atoms with Crippen molar-refractivity contribution in [2.45, 2.75) is 193 Å². The van der Waals surface area contributed by atoms with Crippen LogP contribution in [0.1, 0.15) is 181 Å². The van der Waals surface area contributed by atoms with Crippen LogP contribution < -0.4 is 5.32 Å². The van der Waals surface area contributed by atoms with E-state index in [1.807, 2.05) is 6.08 Å². The molecule has 0 bridgehead atoms. The van der Waals surface area contributed by atoms with Gasteiger partial charge in [0, 0.05) is 6.42 Å². The van der Waals surface area contributed by atoms with Crippen LogP contribution in [0.15, 0.2) is 48.6 Å². The van der Waals surface area contributed by atoms with Gasteiger partial charge in [-0.15, -0.1) is 0 Å². The van der Waals surface area contributed by atoms with Gasteiger partial charge in [-0.2, -0.15) is 0 Å². The molecule has 44 heavy (non-hydrogen) atoms. The molecule has 1 amide bonds. The van der Waals surface area contributed by atoms with Gasteiger partial charge in [-0.05, 0) is 57.8 Å². The lowest BCUT2D eigenvalue weighted by molar-refractivity contribution is -0.123. The topological polar surface area (TPSA) is 69.6 Å². The monoisotopic (exact) mass is 616 g/mol. The first-order valence-corrected chi connectivity index (χ1v) is 18.9. The number of nitrogens with one attached hydrogen (secondary N) is 1. The highest BCUT2D eigenvalue weighted by Gasteiger charge is 2.17. The molecule has 0 radical (unpaired) electrons. The zero-order valence-electron chi connectivity index (χ0n) is 29.2. The standard InChI is InChI=1S/C40H73NO3/c1-3-5-7-9-11-12-13-14-15-16-17-18-19-20-21-22-23-24-25-26-27-28-30-32-34-36-40(44)41-38(37-42)39(43)35-33-31-29-10-8-6-4-2/h13-14,16-17,19-20,33,35,38-39,42-43H,3-12,15,18,21-32,34,36-37H2,1-2H3,(H,41,44)/b14-13-,17-16-,20-19-,35-33+. The van der Waals surface area contributed by atoms with E-state index >= 15 is 0 Å². The van der Waals surface area contributed by atoms with E-state index < -0.39 is 12.1 Å². The number of carbonyl (C=O) groups is 1. The molecule has 0 fully saturated rings. The van der Waals surface area contributed by atoms with Gasteiger partial charge < -0.3 is 15.5 Å². The molecule has 0 aliphatic heterocycles. The van der Waals surface area contributed by atoms with Crippen LogP contribution in [0, 0.1) is 0 Å². The number of carbonyl (C=O) groups excluding carboxylic acids is 1. The summed E-state index contributed by atoms with van der Waals surface area (Å²) in [4.78, 5) is 12.3. The molecular formula is C40H73NO3. The third-order valence-electron chi connectivity index (χ3n) is 8.31. The van der Waals surface area contributed by atoms with Gasteiger partial charge in [0.25, 0.3) is 0 Å². The molecule has 0 saturated carbocycles. The number of hydrogen-bond acceptors (Lipinski definition) is 3. The fourth-order valence-corrected chi connectivity index (χ4v) is 5.36. The molecule has 3 N–H and O–H groups in total. The van der Waals surface area contributed by atoms with Gasteiger partial charge >= 0.3 is 0 Å². The van der Waals surface area contributed by atoms with Gasteiger partial charge in [0.2, 0.25) is 5.91 Å². The maximum Gasteiger partial charge on any atom is 0.220 e. The van der Waals surface area contributed by atoms with Crippen LogP contribution in [-0.2, 0) is 4.79 Å². The van der Waals surface area contributed by atoms with Gasteiger partial charge in [0.15, 0.2) is 0 Å². The summed E-state index contributed by atoms with van der Waals surface area (Å²) in [5.41, 5.74) is 0. The van der Waals surface area contributed by atoms with Crippen LogP contribution in [0.2, 0.25) is 0 Å². The Labute approximate surface area is 274 Å². The Kier molecular flexibility index (Phi) is 34.5. The molecule has 0 aromatic carbocycles. The number of rotatable bonds is 33. The van der Waals surface area contributed by atoms with E-state index in [0.29, 0.717) is 6.42 Å². The predicted octanol–water partition coefficient (Wildman–Crippen LogP) is 11.2. The van der Waals surface area contributed by atoms with Crippen molar-refractivity contribution in [2.75, 3.05) is 6.61 Å². The normalized spacial score (nSPS) is 13.6. The lowest BCUT2D eigenvalue weighted by Crippen LogP contribution is -2.45. The Balaban J connectivity index is 3.54. The molecule has 0 aliphatic rings. The first kappa shape index (κ1) is 42.3. The largest absolute Gasteiger partial charge is 0.394 e. The van der Waals surface area contributed by atoms with Crippen molar-refractivity contribution in [1.29, 1.82) is 0 Å². The lowest BCUT2D eigenvalue weighted by atomic mass is 10.0. The lowest BCUT2D eigenvalue weighted by Gasteiger charge is -2.20. The molecule has 0 rings (SSSR count). The van der Waals surface area contributed by atoms with Crippen molar-refractivity contribution in [3.63, 3.8) is 0 Å². The Morgan fingerprint density at radius 1 is 0.545 bits per heavy atom. The van der Waals surface area contributed by atoms with E-state index in [1.165, 1.54) is 122 Å². The van der Waals surface area contributed by atoms with E-state index in [9.17, 15) is 15.0 Å². The Hall–Kier alpha value is -1.65. The van der Waals surface area contributed by atoms with E-state index in [4.69, 9.17) is 0 Å². The third-order valence-corrected chi connectivity index (χ3v) is 8.31. The fourth-order valence-electron chi connectivity index (χ4n) is 5.36. The second-order valence-corrected chi connectivity index (χ2v) is 12.6. The maximum absolute atomic E-state index is 12.3. The van der Waals surface area contributed by atoms with Crippen molar-refractivity contribution in [1.82, 2.24) is 5.32 Å². The number of unbranched alkanes of at least 4 members (excludes halogenated alkanes) is 20. The van der Waals surface area contributed by atoms with Crippen molar-refractivity contribution in [2.24, 2.45) is 0 Å². The number of allylic oxidation sites excluding steroid dienone is 7. The van der Waals surface area contributed by atoms with Crippen molar-refractivity contribution >= 4 is 5.91 Å². The second kappa shape index (κ2) is 35.8. The first-order chi connectivity index (χ1) is 21.7. The molecule has 0 aromatic heterocycles. The van der Waals surface area contributed by atoms with Crippen LogP contribution in [0.5, 0.6) is 0 Å². The summed E-state index contributed by atoms with van der Waals surface area (Å²) in [7, 11) is 0. The maximum atomic E-state index is 12.3. The van der Waals surface area contributed by atoms with Crippen LogP contribution in [0.3, 0.4) is 0 Å². The molecular weight excluding hydrogens is 542 g/mol. The Bertz CT molecular complexity index is 711. The zero-order valence-corrected chi connectivity index (χ0v) is 29.2. The Morgan fingerprint density at radius 3 is 1.39 bits per heavy atom. The van der Waals surface area contributed by atoms with Crippen molar-refractivity contribution in [3.8, 4) is 0 Å². The third kappa shape index (κ3) is 31.8. The highest BCUT2D eigenvalue weighted by molar-refractivity contribution is 5.76. The summed E-state index contributed by atoms with van der Waals surface area (Å²) < 4.78 is 0. The molecule has 4 nitrogen and oxygen atoms in total. The van der Waals surface area contributed by atoms with Gasteiger partial charge in [-0.1, -0.05) is 165 Å².